The van der Waals surface area contributed by atoms with Crippen molar-refractivity contribution in [2.45, 2.75) is 26.9 Å². The minimum Gasteiger partial charge on any atom is -0.335 e. The Morgan fingerprint density at radius 1 is 1.00 bits per heavy atom. The molecule has 31 heavy (non-hydrogen) atoms. The molecule has 0 N–H and O–H groups in total. The van der Waals surface area contributed by atoms with Crippen molar-refractivity contribution in [3.63, 3.8) is 0 Å². The lowest BCUT2D eigenvalue weighted by atomic mass is 10.1. The van der Waals surface area contributed by atoms with Crippen LogP contribution in [0.1, 0.15) is 32.7 Å². The van der Waals surface area contributed by atoms with Crippen LogP contribution in [0.25, 0.3) is 0 Å². The van der Waals surface area contributed by atoms with Gasteiger partial charge >= 0.3 is 0 Å². The molecule has 1 aliphatic rings. The third-order valence-electron chi connectivity index (χ3n) is 5.28. The second-order valence-electron chi connectivity index (χ2n) is 7.97. The van der Waals surface area contributed by atoms with E-state index in [2.05, 4.69) is 28.5 Å². The molecule has 4 rings (SSSR count). The molecule has 0 saturated carbocycles. The van der Waals surface area contributed by atoms with E-state index in [1.807, 2.05) is 13.8 Å². The highest BCUT2D eigenvalue weighted by Gasteiger charge is 2.29. The summed E-state index contributed by atoms with van der Waals surface area (Å²) in [6.07, 6.45) is 1.55. The number of hydrogen-bond donors (Lipinski definition) is 0. The van der Waals surface area contributed by atoms with Crippen molar-refractivity contribution in [1.29, 1.82) is 0 Å². The lowest BCUT2D eigenvalue weighted by Gasteiger charge is -2.34. The average molecular weight is 421 g/mol. The number of rotatable bonds is 5. The van der Waals surface area contributed by atoms with Crippen molar-refractivity contribution in [3.8, 4) is 0 Å². The number of benzene rings is 2. The fraction of sp³-hybridized carbons (Fsp3) is 0.304. The van der Waals surface area contributed by atoms with Crippen LogP contribution in [0.4, 0.5) is 4.39 Å². The maximum Gasteiger partial charge on any atom is 0.276 e. The smallest absolute Gasteiger partial charge is 0.276 e. The molecule has 0 atom stereocenters. The van der Waals surface area contributed by atoms with Crippen LogP contribution in [0.3, 0.4) is 0 Å². The molecule has 0 bridgehead atoms. The summed E-state index contributed by atoms with van der Waals surface area (Å²) in [6.45, 7) is 5.94. The molecular weight excluding hydrogens is 397 g/mol. The zero-order chi connectivity index (χ0) is 22.0. The first kappa shape index (κ1) is 20.7. The summed E-state index contributed by atoms with van der Waals surface area (Å²) < 4.78 is 14.6. The Hall–Kier alpha value is -3.55. The van der Waals surface area contributed by atoms with Gasteiger partial charge in [0.05, 0.1) is 12.7 Å². The van der Waals surface area contributed by atoms with Crippen LogP contribution in [0.5, 0.6) is 0 Å². The third-order valence-corrected chi connectivity index (χ3v) is 5.28. The molecule has 7 nitrogen and oxygen atoms in total. The molecule has 2 heterocycles. The van der Waals surface area contributed by atoms with E-state index in [4.69, 9.17) is 0 Å². The molecule has 0 radical (unpaired) electrons. The van der Waals surface area contributed by atoms with Gasteiger partial charge in [0.25, 0.3) is 5.91 Å². The van der Waals surface area contributed by atoms with E-state index in [1.54, 1.807) is 23.2 Å². The fourth-order valence-corrected chi connectivity index (χ4v) is 3.84. The molecule has 0 aliphatic carbocycles. The number of amides is 2. The van der Waals surface area contributed by atoms with Crippen LogP contribution in [0.2, 0.25) is 0 Å². The number of halogens is 1. The maximum atomic E-state index is 13.0. The van der Waals surface area contributed by atoms with Crippen molar-refractivity contribution in [1.82, 2.24) is 24.8 Å². The van der Waals surface area contributed by atoms with Gasteiger partial charge in [-0.25, -0.2) is 9.07 Å². The SMILES string of the molecule is Cc1cc(C)cc(CN2CCN(C(=O)c3cn(Cc4ccc(F)cc4)nn3)CC2=O)c1. The summed E-state index contributed by atoms with van der Waals surface area (Å²) in [7, 11) is 0. The van der Waals surface area contributed by atoms with E-state index in [0.717, 1.165) is 11.1 Å². The summed E-state index contributed by atoms with van der Waals surface area (Å²) in [6, 6.07) is 12.3. The summed E-state index contributed by atoms with van der Waals surface area (Å²) in [5.41, 5.74) is 4.47. The van der Waals surface area contributed by atoms with Gasteiger partial charge in [-0.3, -0.25) is 9.59 Å². The van der Waals surface area contributed by atoms with Gasteiger partial charge in [-0.1, -0.05) is 46.7 Å². The van der Waals surface area contributed by atoms with E-state index in [9.17, 15) is 14.0 Å². The van der Waals surface area contributed by atoms with Crippen LogP contribution in [0, 0.1) is 19.7 Å². The van der Waals surface area contributed by atoms with E-state index >= 15 is 0 Å². The molecule has 1 fully saturated rings. The molecule has 0 unspecified atom stereocenters. The molecule has 0 spiro atoms. The van der Waals surface area contributed by atoms with Crippen LogP contribution in [0.15, 0.2) is 48.7 Å². The number of carbonyl (C=O) groups is 2. The topological polar surface area (TPSA) is 71.3 Å². The molecule has 2 aromatic carbocycles. The van der Waals surface area contributed by atoms with E-state index in [1.165, 1.54) is 32.8 Å². The normalized spacial score (nSPS) is 14.2. The van der Waals surface area contributed by atoms with E-state index < -0.39 is 0 Å². The number of nitrogens with zero attached hydrogens (tertiary/aromatic N) is 5. The number of aryl methyl sites for hydroxylation is 2. The predicted molar refractivity (Wildman–Crippen MR) is 113 cm³/mol. The molecular formula is C23H24FN5O2. The third kappa shape index (κ3) is 4.96. The first-order valence-electron chi connectivity index (χ1n) is 10.2. The van der Waals surface area contributed by atoms with Gasteiger partial charge in [0, 0.05) is 19.6 Å². The molecule has 3 aromatic rings. The minimum absolute atomic E-state index is 0.0223. The van der Waals surface area contributed by atoms with Crippen LogP contribution < -0.4 is 0 Å². The lowest BCUT2D eigenvalue weighted by molar-refractivity contribution is -0.135. The molecule has 160 valence electrons. The standard InChI is InChI=1S/C23H24FN5O2/c1-16-9-17(2)11-19(10-16)12-27-7-8-28(15-22(27)30)23(31)21-14-29(26-25-21)13-18-3-5-20(24)6-4-18/h3-6,9-11,14H,7-8,12-13,15H2,1-2H3. The minimum atomic E-state index is -0.315. The zero-order valence-corrected chi connectivity index (χ0v) is 17.6. The highest BCUT2D eigenvalue weighted by Crippen LogP contribution is 2.15. The van der Waals surface area contributed by atoms with Gasteiger partial charge in [0.2, 0.25) is 5.91 Å². The second kappa shape index (κ2) is 8.67. The molecule has 1 aromatic heterocycles. The van der Waals surface area contributed by atoms with Gasteiger partial charge in [0.15, 0.2) is 5.69 Å². The van der Waals surface area contributed by atoms with Crippen LogP contribution in [-0.2, 0) is 17.9 Å². The Labute approximate surface area is 180 Å². The van der Waals surface area contributed by atoms with Gasteiger partial charge in [-0.15, -0.1) is 5.10 Å². The largest absolute Gasteiger partial charge is 0.335 e. The van der Waals surface area contributed by atoms with Crippen LogP contribution in [-0.4, -0.2) is 56.2 Å². The van der Waals surface area contributed by atoms with Gasteiger partial charge in [-0.05, 0) is 37.1 Å². The maximum absolute atomic E-state index is 13.0. The first-order valence-corrected chi connectivity index (χ1v) is 10.2. The van der Waals surface area contributed by atoms with Gasteiger partial charge < -0.3 is 9.80 Å². The van der Waals surface area contributed by atoms with Crippen molar-refractivity contribution in [2.75, 3.05) is 19.6 Å². The summed E-state index contributed by atoms with van der Waals surface area (Å²) in [5, 5.41) is 7.95. The van der Waals surface area contributed by atoms with Crippen molar-refractivity contribution in [3.05, 3.63) is 82.4 Å². The summed E-state index contributed by atoms with van der Waals surface area (Å²) in [5.74, 6) is -0.707. The zero-order valence-electron chi connectivity index (χ0n) is 17.6. The van der Waals surface area contributed by atoms with Gasteiger partial charge in [0.1, 0.15) is 12.4 Å². The van der Waals surface area contributed by atoms with Gasteiger partial charge in [-0.2, -0.15) is 0 Å². The number of hydrogen-bond acceptors (Lipinski definition) is 4. The van der Waals surface area contributed by atoms with E-state index in [-0.39, 0.29) is 29.9 Å². The molecule has 1 saturated heterocycles. The summed E-state index contributed by atoms with van der Waals surface area (Å²) >= 11 is 0. The Morgan fingerprint density at radius 2 is 1.71 bits per heavy atom. The predicted octanol–water partition coefficient (Wildman–Crippen LogP) is 2.57. The highest BCUT2D eigenvalue weighted by atomic mass is 19.1. The van der Waals surface area contributed by atoms with E-state index in [0.29, 0.717) is 26.2 Å². The Balaban J connectivity index is 1.36. The number of carbonyl (C=O) groups excluding carboxylic acids is 2. The lowest BCUT2D eigenvalue weighted by Crippen LogP contribution is -2.51. The molecule has 8 heteroatoms. The highest BCUT2D eigenvalue weighted by molar-refractivity contribution is 5.95. The molecule has 2 amide bonds. The Bertz CT molecular complexity index is 1090. The number of aromatic nitrogens is 3. The molecule has 1 aliphatic heterocycles. The number of piperazine rings is 1. The van der Waals surface area contributed by atoms with Crippen molar-refractivity contribution < 1.29 is 14.0 Å². The summed E-state index contributed by atoms with van der Waals surface area (Å²) in [4.78, 5) is 28.7. The van der Waals surface area contributed by atoms with Crippen LogP contribution >= 0.6 is 0 Å². The quantitative estimate of drug-likeness (QED) is 0.635. The monoisotopic (exact) mass is 421 g/mol. The van der Waals surface area contributed by atoms with Crippen molar-refractivity contribution in [2.24, 2.45) is 0 Å². The fourth-order valence-electron chi connectivity index (χ4n) is 3.84. The first-order chi connectivity index (χ1) is 14.9. The average Bonchev–Trinajstić information content (AvgIpc) is 3.18. The Kier molecular flexibility index (Phi) is 5.79. The van der Waals surface area contributed by atoms with Crippen molar-refractivity contribution >= 4 is 11.8 Å². The second-order valence-corrected chi connectivity index (χ2v) is 7.97. The Morgan fingerprint density at radius 3 is 2.39 bits per heavy atom.